The van der Waals surface area contributed by atoms with E-state index in [1.165, 1.54) is 0 Å². The van der Waals surface area contributed by atoms with Crippen molar-refractivity contribution < 1.29 is 14.7 Å². The third kappa shape index (κ3) is 2.66. The lowest BCUT2D eigenvalue weighted by molar-refractivity contribution is -0.145. The Morgan fingerprint density at radius 1 is 1.12 bits per heavy atom. The van der Waals surface area contributed by atoms with Crippen molar-refractivity contribution in [1.82, 2.24) is 4.90 Å². The summed E-state index contributed by atoms with van der Waals surface area (Å²) in [4.78, 5) is 28.5. The van der Waals surface area contributed by atoms with Gasteiger partial charge >= 0.3 is 12.0 Å². The predicted molar refractivity (Wildman–Crippen MR) is 93.4 cm³/mol. The van der Waals surface area contributed by atoms with Crippen molar-refractivity contribution in [3.05, 3.63) is 29.8 Å². The van der Waals surface area contributed by atoms with Crippen molar-refractivity contribution in [2.24, 2.45) is 0 Å². The van der Waals surface area contributed by atoms with Crippen LogP contribution in [-0.4, -0.2) is 41.1 Å². The smallest absolute Gasteiger partial charge is 0.324 e. The molecule has 1 saturated carbocycles. The van der Waals surface area contributed by atoms with Crippen LogP contribution in [0.2, 0.25) is 0 Å². The third-order valence-electron chi connectivity index (χ3n) is 5.49. The summed E-state index contributed by atoms with van der Waals surface area (Å²) in [6, 6.07) is 7.71. The van der Waals surface area contributed by atoms with Crippen LogP contribution in [-0.2, 0) is 10.2 Å². The monoisotopic (exact) mass is 330 g/mol. The van der Waals surface area contributed by atoms with E-state index < -0.39 is 11.4 Å². The molecule has 0 aromatic heterocycles. The number of rotatable bonds is 4. The van der Waals surface area contributed by atoms with Crippen LogP contribution in [0.5, 0.6) is 0 Å². The van der Waals surface area contributed by atoms with Crippen LogP contribution < -0.4 is 4.90 Å². The summed E-state index contributed by atoms with van der Waals surface area (Å²) < 4.78 is 0. The molecular weight excluding hydrogens is 304 g/mol. The van der Waals surface area contributed by atoms with E-state index in [0.29, 0.717) is 25.9 Å². The Labute approximate surface area is 143 Å². The first kappa shape index (κ1) is 16.8. The van der Waals surface area contributed by atoms with E-state index in [-0.39, 0.29) is 12.1 Å². The molecule has 0 spiro atoms. The summed E-state index contributed by atoms with van der Waals surface area (Å²) in [5.74, 6) is -0.762. The molecule has 2 fully saturated rings. The van der Waals surface area contributed by atoms with E-state index in [2.05, 4.69) is 0 Å². The van der Waals surface area contributed by atoms with Gasteiger partial charge in [0.05, 0.1) is 5.41 Å². The maximum atomic E-state index is 12.8. The van der Waals surface area contributed by atoms with Crippen LogP contribution in [0.15, 0.2) is 24.3 Å². The molecule has 1 aliphatic heterocycles. The highest BCUT2D eigenvalue weighted by atomic mass is 16.4. The molecule has 0 radical (unpaired) electrons. The first-order chi connectivity index (χ1) is 11.5. The summed E-state index contributed by atoms with van der Waals surface area (Å²) >= 11 is 0. The van der Waals surface area contributed by atoms with Gasteiger partial charge in [0.1, 0.15) is 0 Å². The number of carbonyl (C=O) groups is 2. The molecule has 0 bridgehead atoms. The summed E-state index contributed by atoms with van der Waals surface area (Å²) in [6.45, 7) is 5.31. The van der Waals surface area contributed by atoms with Gasteiger partial charge < -0.3 is 10.0 Å². The predicted octanol–water partition coefficient (Wildman–Crippen LogP) is 3.62. The molecule has 1 heterocycles. The van der Waals surface area contributed by atoms with Crippen molar-refractivity contribution in [2.75, 3.05) is 18.0 Å². The minimum Gasteiger partial charge on any atom is -0.481 e. The topological polar surface area (TPSA) is 60.9 Å². The van der Waals surface area contributed by atoms with Gasteiger partial charge in [-0.05, 0) is 38.3 Å². The number of carboxylic acids is 1. The van der Waals surface area contributed by atoms with Crippen molar-refractivity contribution >= 4 is 17.7 Å². The highest BCUT2D eigenvalue weighted by Gasteiger charge is 2.44. The number of hydrogen-bond acceptors (Lipinski definition) is 2. The molecule has 5 heteroatoms. The quantitative estimate of drug-likeness (QED) is 0.917. The fourth-order valence-electron chi connectivity index (χ4n) is 4.12. The molecule has 1 aromatic carbocycles. The molecule has 1 saturated heterocycles. The lowest BCUT2D eigenvalue weighted by Crippen LogP contribution is -2.41. The van der Waals surface area contributed by atoms with Crippen LogP contribution in [0, 0.1) is 0 Å². The summed E-state index contributed by atoms with van der Waals surface area (Å²) in [6.07, 6.45) is 4.23. The van der Waals surface area contributed by atoms with E-state index in [1.54, 1.807) is 4.90 Å². The number of carboxylic acid groups (broad SMARTS) is 1. The van der Waals surface area contributed by atoms with Gasteiger partial charge in [0.25, 0.3) is 0 Å². The lowest BCUT2D eigenvalue weighted by atomic mass is 9.69. The number of urea groups is 1. The molecule has 24 heavy (non-hydrogen) atoms. The van der Waals surface area contributed by atoms with Gasteiger partial charge in [-0.3, -0.25) is 9.69 Å². The van der Waals surface area contributed by atoms with Gasteiger partial charge in [-0.2, -0.15) is 0 Å². The number of aliphatic carboxylic acids is 1. The highest BCUT2D eigenvalue weighted by molar-refractivity contribution is 5.97. The average molecular weight is 330 g/mol. The van der Waals surface area contributed by atoms with Gasteiger partial charge in [-0.25, -0.2) is 4.79 Å². The number of anilines is 1. The van der Waals surface area contributed by atoms with Crippen molar-refractivity contribution in [3.8, 4) is 0 Å². The highest BCUT2D eigenvalue weighted by Crippen LogP contribution is 2.44. The maximum Gasteiger partial charge on any atom is 0.324 e. The average Bonchev–Trinajstić information content (AvgIpc) is 2.97. The Kier molecular flexibility index (Phi) is 4.52. The summed E-state index contributed by atoms with van der Waals surface area (Å²) in [5, 5.41) is 10.0. The van der Waals surface area contributed by atoms with Gasteiger partial charge in [0.15, 0.2) is 0 Å². The summed E-state index contributed by atoms with van der Waals surface area (Å²) in [7, 11) is 0. The van der Waals surface area contributed by atoms with E-state index in [9.17, 15) is 14.7 Å². The zero-order valence-electron chi connectivity index (χ0n) is 14.5. The molecule has 5 nitrogen and oxygen atoms in total. The molecule has 0 unspecified atom stereocenters. The molecule has 3 rings (SSSR count). The van der Waals surface area contributed by atoms with Gasteiger partial charge in [0, 0.05) is 24.8 Å². The van der Waals surface area contributed by atoms with Crippen LogP contribution in [0.25, 0.3) is 0 Å². The van der Waals surface area contributed by atoms with Crippen LogP contribution >= 0.6 is 0 Å². The number of benzene rings is 1. The number of amides is 2. The van der Waals surface area contributed by atoms with Gasteiger partial charge in [-0.1, -0.05) is 37.5 Å². The Balaban J connectivity index is 2.02. The molecule has 1 aliphatic carbocycles. The number of carbonyl (C=O) groups excluding carboxylic acids is 1. The Bertz CT molecular complexity index is 635. The number of hydrogen-bond donors (Lipinski definition) is 1. The summed E-state index contributed by atoms with van der Waals surface area (Å²) in [5.41, 5.74) is 0.714. The molecule has 2 amide bonds. The zero-order valence-corrected chi connectivity index (χ0v) is 14.5. The van der Waals surface area contributed by atoms with Crippen LogP contribution in [0.4, 0.5) is 10.5 Å². The second kappa shape index (κ2) is 6.46. The minimum atomic E-state index is -0.861. The second-order valence-corrected chi connectivity index (χ2v) is 7.19. The van der Waals surface area contributed by atoms with Crippen molar-refractivity contribution in [2.45, 2.75) is 57.4 Å². The minimum absolute atomic E-state index is 0.0196. The van der Waals surface area contributed by atoms with E-state index >= 15 is 0 Å². The second-order valence-electron chi connectivity index (χ2n) is 7.19. The van der Waals surface area contributed by atoms with Crippen LogP contribution in [0.3, 0.4) is 0 Å². The van der Waals surface area contributed by atoms with E-state index in [4.69, 9.17) is 0 Å². The Morgan fingerprint density at radius 2 is 1.79 bits per heavy atom. The van der Waals surface area contributed by atoms with Crippen LogP contribution in [0.1, 0.15) is 51.5 Å². The Hall–Kier alpha value is -2.04. The molecular formula is C19H26N2O3. The normalized spacial score (nSPS) is 20.7. The Morgan fingerprint density at radius 3 is 2.38 bits per heavy atom. The fraction of sp³-hybridized carbons (Fsp3) is 0.579. The molecule has 2 aliphatic rings. The molecule has 1 aromatic rings. The zero-order chi connectivity index (χ0) is 17.3. The number of nitrogens with zero attached hydrogens (tertiary/aromatic N) is 2. The van der Waals surface area contributed by atoms with Crippen molar-refractivity contribution in [1.29, 1.82) is 0 Å². The first-order valence-corrected chi connectivity index (χ1v) is 8.88. The van der Waals surface area contributed by atoms with Crippen molar-refractivity contribution in [3.63, 3.8) is 0 Å². The largest absolute Gasteiger partial charge is 0.481 e. The standard InChI is InChI=1S/C19H26N2O3/c1-14(2)20-12-13-21(18(20)24)16-9-5-4-8-15(16)19(17(22)23)10-6-3-7-11-19/h4-5,8-9,14H,3,6-7,10-13H2,1-2H3,(H,22,23). The fourth-order valence-corrected chi connectivity index (χ4v) is 4.12. The molecule has 1 N–H and O–H groups in total. The molecule has 0 atom stereocenters. The molecule has 130 valence electrons. The van der Waals surface area contributed by atoms with E-state index in [1.807, 2.05) is 43.0 Å². The SMILES string of the molecule is CC(C)N1CCN(c2ccccc2C2(C(=O)O)CCCCC2)C1=O. The third-order valence-corrected chi connectivity index (χ3v) is 5.49. The van der Waals surface area contributed by atoms with E-state index in [0.717, 1.165) is 30.5 Å². The number of para-hydroxylation sites is 1. The van der Waals surface area contributed by atoms with Gasteiger partial charge in [-0.15, -0.1) is 0 Å². The lowest BCUT2D eigenvalue weighted by Gasteiger charge is -2.36. The van der Waals surface area contributed by atoms with Gasteiger partial charge in [0.2, 0.25) is 0 Å². The maximum absolute atomic E-state index is 12.8. The first-order valence-electron chi connectivity index (χ1n) is 8.88.